The second-order valence-corrected chi connectivity index (χ2v) is 7.64. The Morgan fingerprint density at radius 2 is 1.76 bits per heavy atom. The van der Waals surface area contributed by atoms with Gasteiger partial charge in [0.25, 0.3) is 0 Å². The van der Waals surface area contributed by atoms with E-state index in [2.05, 4.69) is 4.98 Å². The van der Waals surface area contributed by atoms with Crippen molar-refractivity contribution in [2.24, 2.45) is 0 Å². The average Bonchev–Trinajstić information content (AvgIpc) is 3.12. The fraction of sp³-hybridized carbons (Fsp3) is 0.348. The van der Waals surface area contributed by atoms with E-state index < -0.39 is 47.6 Å². The molecule has 0 saturated heterocycles. The molecule has 0 amide bonds. The van der Waals surface area contributed by atoms with Gasteiger partial charge in [0.15, 0.2) is 5.78 Å². The molecular formula is C23H20F6N2O3. The second kappa shape index (κ2) is 9.11. The van der Waals surface area contributed by atoms with Crippen molar-refractivity contribution < 1.29 is 40.7 Å². The van der Waals surface area contributed by atoms with E-state index in [9.17, 15) is 35.9 Å². The van der Waals surface area contributed by atoms with Crippen LogP contribution in [-0.2, 0) is 17.5 Å². The number of carbonyl (C=O) groups is 2. The normalized spacial score (nSPS) is 13.2. The van der Waals surface area contributed by atoms with E-state index in [1.54, 1.807) is 13.8 Å². The minimum atomic E-state index is -4.96. The number of aromatic nitrogens is 2. The summed E-state index contributed by atoms with van der Waals surface area (Å²) in [6.45, 7) is 3.40. The van der Waals surface area contributed by atoms with Gasteiger partial charge >= 0.3 is 18.3 Å². The molecule has 2 aromatic heterocycles. The minimum absolute atomic E-state index is 0.0901. The maximum Gasteiger partial charge on any atom is 0.416 e. The van der Waals surface area contributed by atoms with Gasteiger partial charge in [0.2, 0.25) is 0 Å². The summed E-state index contributed by atoms with van der Waals surface area (Å²) in [5, 5.41) is 0.346. The summed E-state index contributed by atoms with van der Waals surface area (Å²) in [7, 11) is 1.18. The van der Waals surface area contributed by atoms with Crippen molar-refractivity contribution >= 4 is 22.8 Å². The molecule has 2 heterocycles. The van der Waals surface area contributed by atoms with Crippen molar-refractivity contribution in [1.82, 2.24) is 9.55 Å². The molecule has 0 bridgehead atoms. The number of aryl methyl sites for hydroxylation is 2. The summed E-state index contributed by atoms with van der Waals surface area (Å²) in [6, 6.07) is 5.63. The molecule has 0 aliphatic carbocycles. The zero-order valence-electron chi connectivity index (χ0n) is 18.3. The van der Waals surface area contributed by atoms with Gasteiger partial charge in [-0.05, 0) is 37.6 Å². The number of fused-ring (bicyclic) bond motifs is 1. The van der Waals surface area contributed by atoms with Gasteiger partial charge in [-0.2, -0.15) is 26.3 Å². The molecule has 1 atom stereocenters. The number of Topliss-reactive ketones (excluding diaryl/α,β-unsaturated/α-hetero) is 1. The number of esters is 1. The SMILES string of the molecule is CCn1c(C(=O)CC(c2cccc(C(F)(F)F)c2)C(F)(F)F)cc2cc(C(=O)OC)c(C)nc21. The second-order valence-electron chi connectivity index (χ2n) is 7.64. The first-order valence-electron chi connectivity index (χ1n) is 10.1. The van der Waals surface area contributed by atoms with E-state index in [0.717, 1.165) is 12.1 Å². The van der Waals surface area contributed by atoms with E-state index >= 15 is 0 Å². The number of hydrogen-bond acceptors (Lipinski definition) is 4. The number of benzene rings is 1. The first-order valence-corrected chi connectivity index (χ1v) is 10.1. The molecule has 0 radical (unpaired) electrons. The number of pyridine rings is 1. The van der Waals surface area contributed by atoms with E-state index in [0.29, 0.717) is 28.9 Å². The van der Waals surface area contributed by atoms with Crippen LogP contribution in [0.4, 0.5) is 26.3 Å². The Morgan fingerprint density at radius 3 is 2.32 bits per heavy atom. The number of halogens is 6. The van der Waals surface area contributed by atoms with Crippen LogP contribution >= 0.6 is 0 Å². The quantitative estimate of drug-likeness (QED) is 0.240. The molecule has 1 unspecified atom stereocenters. The van der Waals surface area contributed by atoms with Gasteiger partial charge in [0.1, 0.15) is 5.65 Å². The van der Waals surface area contributed by atoms with Crippen LogP contribution < -0.4 is 0 Å². The first-order chi connectivity index (χ1) is 15.8. The molecule has 0 aliphatic rings. The van der Waals surface area contributed by atoms with Gasteiger partial charge in [-0.3, -0.25) is 4.79 Å². The molecule has 0 N–H and O–H groups in total. The molecular weight excluding hydrogens is 466 g/mol. The number of carbonyl (C=O) groups excluding carboxylic acids is 2. The number of nitrogens with zero attached hydrogens (tertiary/aromatic N) is 2. The van der Waals surface area contributed by atoms with Crippen molar-refractivity contribution in [3.63, 3.8) is 0 Å². The third-order valence-electron chi connectivity index (χ3n) is 5.47. The first kappa shape index (κ1) is 25.3. The van der Waals surface area contributed by atoms with Gasteiger partial charge in [0, 0.05) is 18.4 Å². The maximum atomic E-state index is 13.8. The Balaban J connectivity index is 2.05. The lowest BCUT2D eigenvalue weighted by Gasteiger charge is -2.21. The minimum Gasteiger partial charge on any atom is -0.465 e. The number of rotatable bonds is 6. The highest BCUT2D eigenvalue weighted by Crippen LogP contribution is 2.40. The summed E-state index contributed by atoms with van der Waals surface area (Å²) in [4.78, 5) is 29.3. The van der Waals surface area contributed by atoms with Gasteiger partial charge in [-0.25, -0.2) is 9.78 Å². The van der Waals surface area contributed by atoms with E-state index in [1.807, 2.05) is 0 Å². The topological polar surface area (TPSA) is 61.2 Å². The van der Waals surface area contributed by atoms with Crippen LogP contribution in [0.2, 0.25) is 0 Å². The zero-order chi connectivity index (χ0) is 25.4. The van der Waals surface area contributed by atoms with Crippen molar-refractivity contribution in [1.29, 1.82) is 0 Å². The molecule has 11 heteroatoms. The Hall–Kier alpha value is -3.37. The molecule has 182 valence electrons. The van der Waals surface area contributed by atoms with Crippen LogP contribution in [0, 0.1) is 6.92 Å². The Labute approximate surface area is 190 Å². The van der Waals surface area contributed by atoms with Gasteiger partial charge < -0.3 is 9.30 Å². The Bertz CT molecular complexity index is 1240. The highest BCUT2D eigenvalue weighted by atomic mass is 19.4. The van der Waals surface area contributed by atoms with Crippen molar-refractivity contribution in [2.75, 3.05) is 7.11 Å². The van der Waals surface area contributed by atoms with Gasteiger partial charge in [0.05, 0.1) is 35.5 Å². The van der Waals surface area contributed by atoms with Crippen LogP contribution in [0.3, 0.4) is 0 Å². The Morgan fingerprint density at radius 1 is 1.09 bits per heavy atom. The number of hydrogen-bond donors (Lipinski definition) is 0. The summed E-state index contributed by atoms with van der Waals surface area (Å²) < 4.78 is 86.7. The molecule has 0 fully saturated rings. The maximum absolute atomic E-state index is 13.8. The summed E-state index contributed by atoms with van der Waals surface area (Å²) >= 11 is 0. The number of methoxy groups -OCH3 is 1. The summed E-state index contributed by atoms with van der Waals surface area (Å²) in [6.07, 6.45) is -10.9. The fourth-order valence-electron chi connectivity index (χ4n) is 3.78. The van der Waals surface area contributed by atoms with Crippen LogP contribution in [-0.4, -0.2) is 34.6 Å². The third kappa shape index (κ3) is 4.92. The fourth-order valence-corrected chi connectivity index (χ4v) is 3.78. The molecule has 3 aromatic rings. The van der Waals surface area contributed by atoms with Crippen molar-refractivity contribution in [3.8, 4) is 0 Å². The van der Waals surface area contributed by atoms with E-state index in [4.69, 9.17) is 4.74 Å². The van der Waals surface area contributed by atoms with Crippen molar-refractivity contribution in [3.05, 3.63) is 64.5 Å². The number of ether oxygens (including phenoxy) is 1. The largest absolute Gasteiger partial charge is 0.465 e. The van der Waals surface area contributed by atoms with E-state index in [1.165, 1.54) is 23.8 Å². The molecule has 1 aromatic carbocycles. The van der Waals surface area contributed by atoms with Gasteiger partial charge in [-0.15, -0.1) is 0 Å². The standard InChI is InChI=1S/C23H20F6N2O3/c1-4-31-18(10-14-9-16(21(33)34-3)12(2)30-20(14)31)19(32)11-17(23(27,28)29)13-6-5-7-15(8-13)22(24,25)26/h5-10,17H,4,11H2,1-3H3. The lowest BCUT2D eigenvalue weighted by Crippen LogP contribution is -2.25. The summed E-state index contributed by atoms with van der Waals surface area (Å²) in [5.74, 6) is -4.02. The molecule has 34 heavy (non-hydrogen) atoms. The zero-order valence-corrected chi connectivity index (χ0v) is 18.3. The van der Waals surface area contributed by atoms with Crippen LogP contribution in [0.25, 0.3) is 11.0 Å². The number of ketones is 1. The third-order valence-corrected chi connectivity index (χ3v) is 5.47. The monoisotopic (exact) mass is 486 g/mol. The van der Waals surface area contributed by atoms with E-state index in [-0.39, 0.29) is 17.8 Å². The van der Waals surface area contributed by atoms with Crippen LogP contribution in [0.15, 0.2) is 36.4 Å². The van der Waals surface area contributed by atoms with Crippen LogP contribution in [0.5, 0.6) is 0 Å². The smallest absolute Gasteiger partial charge is 0.416 e. The lowest BCUT2D eigenvalue weighted by molar-refractivity contribution is -0.150. The van der Waals surface area contributed by atoms with Crippen LogP contribution in [0.1, 0.15) is 56.9 Å². The highest BCUT2D eigenvalue weighted by molar-refractivity contribution is 6.01. The highest BCUT2D eigenvalue weighted by Gasteiger charge is 2.43. The van der Waals surface area contributed by atoms with Crippen molar-refractivity contribution in [2.45, 2.75) is 45.1 Å². The predicted molar refractivity (Wildman–Crippen MR) is 111 cm³/mol. The predicted octanol–water partition coefficient (Wildman–Crippen LogP) is 6.09. The summed E-state index contributed by atoms with van der Waals surface area (Å²) in [5.41, 5.74) is -1.24. The molecule has 0 spiro atoms. The average molecular weight is 486 g/mol. The lowest BCUT2D eigenvalue weighted by atomic mass is 9.91. The molecule has 0 aliphatic heterocycles. The molecule has 3 rings (SSSR count). The number of alkyl halides is 6. The molecule has 5 nitrogen and oxygen atoms in total. The molecule has 0 saturated carbocycles. The van der Waals surface area contributed by atoms with Gasteiger partial charge in [-0.1, -0.05) is 18.2 Å². The Kier molecular flexibility index (Phi) is 6.77.